The van der Waals surface area contributed by atoms with Crippen LogP contribution in [0.4, 0.5) is 11.4 Å². The fourth-order valence-corrected chi connectivity index (χ4v) is 1.28. The van der Waals surface area contributed by atoms with Gasteiger partial charge in [0.25, 0.3) is 5.91 Å². The third-order valence-electron chi connectivity index (χ3n) is 1.82. The standard InChI is InChI=1S/C11H17N3O/c1-11(2,3)14-9-6-7(12)4-5-8(9)10(13)15/h4-6,14H,12H2,1-3H3,(H2,13,15). The van der Waals surface area contributed by atoms with Gasteiger partial charge in [-0.1, -0.05) is 0 Å². The van der Waals surface area contributed by atoms with E-state index in [1.165, 1.54) is 0 Å². The summed E-state index contributed by atoms with van der Waals surface area (Å²) < 4.78 is 0. The number of nitrogens with one attached hydrogen (secondary N) is 1. The number of anilines is 2. The number of hydrogen-bond donors (Lipinski definition) is 3. The van der Waals surface area contributed by atoms with Gasteiger partial charge in [0.05, 0.1) is 5.56 Å². The lowest BCUT2D eigenvalue weighted by atomic mass is 10.1. The molecular formula is C11H17N3O. The van der Waals surface area contributed by atoms with E-state index in [2.05, 4.69) is 5.32 Å². The summed E-state index contributed by atoms with van der Waals surface area (Å²) in [5.41, 5.74) is 12.5. The van der Waals surface area contributed by atoms with Gasteiger partial charge in [-0.15, -0.1) is 0 Å². The predicted octanol–water partition coefficient (Wildman–Crippen LogP) is 1.58. The van der Waals surface area contributed by atoms with Crippen LogP contribution < -0.4 is 16.8 Å². The minimum absolute atomic E-state index is 0.141. The van der Waals surface area contributed by atoms with Crippen molar-refractivity contribution in [2.45, 2.75) is 26.3 Å². The molecule has 4 nitrogen and oxygen atoms in total. The second-order valence-electron chi connectivity index (χ2n) is 4.54. The van der Waals surface area contributed by atoms with Gasteiger partial charge >= 0.3 is 0 Å². The van der Waals surface area contributed by atoms with Crippen LogP contribution in [-0.4, -0.2) is 11.4 Å². The molecule has 0 bridgehead atoms. The van der Waals surface area contributed by atoms with Crippen molar-refractivity contribution in [1.29, 1.82) is 0 Å². The van der Waals surface area contributed by atoms with Gasteiger partial charge in [-0.3, -0.25) is 4.79 Å². The first-order chi connectivity index (χ1) is 6.79. The molecule has 0 unspecified atom stereocenters. The first-order valence-corrected chi connectivity index (χ1v) is 4.77. The largest absolute Gasteiger partial charge is 0.399 e. The van der Waals surface area contributed by atoms with Gasteiger partial charge in [0, 0.05) is 16.9 Å². The molecule has 5 N–H and O–H groups in total. The number of amides is 1. The summed E-state index contributed by atoms with van der Waals surface area (Å²) in [5.74, 6) is -0.457. The van der Waals surface area contributed by atoms with Crippen molar-refractivity contribution in [1.82, 2.24) is 0 Å². The van der Waals surface area contributed by atoms with E-state index >= 15 is 0 Å². The summed E-state index contributed by atoms with van der Waals surface area (Å²) in [5, 5.41) is 3.19. The average Bonchev–Trinajstić information content (AvgIpc) is 1.99. The molecule has 1 rings (SSSR count). The van der Waals surface area contributed by atoms with Gasteiger partial charge in [-0.2, -0.15) is 0 Å². The molecule has 0 aliphatic carbocycles. The molecule has 0 aliphatic heterocycles. The third kappa shape index (κ3) is 3.16. The van der Waals surface area contributed by atoms with E-state index in [1.807, 2.05) is 20.8 Å². The first kappa shape index (κ1) is 11.4. The highest BCUT2D eigenvalue weighted by Gasteiger charge is 2.14. The minimum atomic E-state index is -0.457. The smallest absolute Gasteiger partial charge is 0.250 e. The first-order valence-electron chi connectivity index (χ1n) is 4.77. The Labute approximate surface area is 89.6 Å². The number of nitrogens with two attached hydrogens (primary N) is 2. The number of carbonyl (C=O) groups is 1. The second kappa shape index (κ2) is 3.81. The van der Waals surface area contributed by atoms with Crippen LogP contribution in [-0.2, 0) is 0 Å². The van der Waals surface area contributed by atoms with E-state index in [4.69, 9.17) is 11.5 Å². The number of nitrogen functional groups attached to an aromatic ring is 1. The number of benzene rings is 1. The van der Waals surface area contributed by atoms with E-state index in [0.717, 1.165) is 0 Å². The molecule has 1 aromatic rings. The molecule has 0 aromatic heterocycles. The van der Waals surface area contributed by atoms with E-state index in [-0.39, 0.29) is 5.54 Å². The molecule has 82 valence electrons. The van der Waals surface area contributed by atoms with Crippen LogP contribution in [0.1, 0.15) is 31.1 Å². The topological polar surface area (TPSA) is 81.1 Å². The summed E-state index contributed by atoms with van der Waals surface area (Å²) in [6.07, 6.45) is 0. The van der Waals surface area contributed by atoms with E-state index < -0.39 is 5.91 Å². The molecule has 4 heteroatoms. The lowest BCUT2D eigenvalue weighted by Crippen LogP contribution is -2.28. The summed E-state index contributed by atoms with van der Waals surface area (Å²) in [7, 11) is 0. The Balaban J connectivity index is 3.13. The maximum absolute atomic E-state index is 11.2. The Kier molecular flexibility index (Phi) is 2.88. The maximum Gasteiger partial charge on any atom is 0.250 e. The van der Waals surface area contributed by atoms with Gasteiger partial charge in [-0.05, 0) is 39.0 Å². The van der Waals surface area contributed by atoms with Crippen LogP contribution in [0.5, 0.6) is 0 Å². The molecule has 15 heavy (non-hydrogen) atoms. The Bertz CT molecular complexity index is 380. The molecule has 0 spiro atoms. The van der Waals surface area contributed by atoms with Crippen LogP contribution in [0, 0.1) is 0 Å². The molecule has 0 aliphatic rings. The molecule has 0 fully saturated rings. The average molecular weight is 207 g/mol. The highest BCUT2D eigenvalue weighted by atomic mass is 16.1. The third-order valence-corrected chi connectivity index (χ3v) is 1.82. The van der Waals surface area contributed by atoms with Crippen molar-refractivity contribution in [3.63, 3.8) is 0 Å². The minimum Gasteiger partial charge on any atom is -0.399 e. The molecule has 0 heterocycles. The molecule has 0 saturated heterocycles. The summed E-state index contributed by atoms with van der Waals surface area (Å²) in [6.45, 7) is 6.00. The summed E-state index contributed by atoms with van der Waals surface area (Å²) in [4.78, 5) is 11.2. The monoisotopic (exact) mass is 207 g/mol. The van der Waals surface area contributed by atoms with Crippen LogP contribution >= 0.6 is 0 Å². The Hall–Kier alpha value is -1.71. The molecule has 0 radical (unpaired) electrons. The Morgan fingerprint density at radius 3 is 2.40 bits per heavy atom. The summed E-state index contributed by atoms with van der Waals surface area (Å²) in [6, 6.07) is 5.00. The van der Waals surface area contributed by atoms with E-state index in [0.29, 0.717) is 16.9 Å². The SMILES string of the molecule is CC(C)(C)Nc1cc(N)ccc1C(N)=O. The predicted molar refractivity (Wildman–Crippen MR) is 62.7 cm³/mol. The quantitative estimate of drug-likeness (QED) is 0.644. The number of rotatable bonds is 2. The lowest BCUT2D eigenvalue weighted by molar-refractivity contribution is 0.100. The van der Waals surface area contributed by atoms with E-state index in [9.17, 15) is 4.79 Å². The van der Waals surface area contributed by atoms with Crippen molar-refractivity contribution in [2.75, 3.05) is 11.1 Å². The van der Waals surface area contributed by atoms with Crippen LogP contribution in [0.3, 0.4) is 0 Å². The van der Waals surface area contributed by atoms with Crippen molar-refractivity contribution in [3.8, 4) is 0 Å². The van der Waals surface area contributed by atoms with Crippen molar-refractivity contribution < 1.29 is 4.79 Å². The zero-order valence-corrected chi connectivity index (χ0v) is 9.29. The van der Waals surface area contributed by atoms with Crippen molar-refractivity contribution >= 4 is 17.3 Å². The van der Waals surface area contributed by atoms with Gasteiger partial charge < -0.3 is 16.8 Å². The highest BCUT2D eigenvalue weighted by molar-refractivity contribution is 5.99. The Morgan fingerprint density at radius 1 is 1.33 bits per heavy atom. The Morgan fingerprint density at radius 2 is 1.93 bits per heavy atom. The molecule has 1 aromatic carbocycles. The zero-order chi connectivity index (χ0) is 11.6. The van der Waals surface area contributed by atoms with Crippen LogP contribution in [0.25, 0.3) is 0 Å². The fraction of sp³-hybridized carbons (Fsp3) is 0.364. The zero-order valence-electron chi connectivity index (χ0n) is 9.29. The van der Waals surface area contributed by atoms with Gasteiger partial charge in [-0.25, -0.2) is 0 Å². The fourth-order valence-electron chi connectivity index (χ4n) is 1.28. The molecule has 0 atom stereocenters. The van der Waals surface area contributed by atoms with Gasteiger partial charge in [0.1, 0.15) is 0 Å². The summed E-state index contributed by atoms with van der Waals surface area (Å²) >= 11 is 0. The molecule has 1 amide bonds. The molecular weight excluding hydrogens is 190 g/mol. The van der Waals surface area contributed by atoms with Crippen LogP contribution in [0.2, 0.25) is 0 Å². The maximum atomic E-state index is 11.2. The van der Waals surface area contributed by atoms with E-state index in [1.54, 1.807) is 18.2 Å². The van der Waals surface area contributed by atoms with Gasteiger partial charge in [0.2, 0.25) is 0 Å². The number of hydrogen-bond acceptors (Lipinski definition) is 3. The number of carbonyl (C=O) groups excluding carboxylic acids is 1. The van der Waals surface area contributed by atoms with Gasteiger partial charge in [0.15, 0.2) is 0 Å². The normalized spacial score (nSPS) is 11.1. The van der Waals surface area contributed by atoms with Crippen molar-refractivity contribution in [3.05, 3.63) is 23.8 Å². The molecule has 0 saturated carbocycles. The van der Waals surface area contributed by atoms with Crippen molar-refractivity contribution in [2.24, 2.45) is 5.73 Å². The second-order valence-corrected chi connectivity index (χ2v) is 4.54. The highest BCUT2D eigenvalue weighted by Crippen LogP contribution is 2.22. The number of primary amides is 1. The lowest BCUT2D eigenvalue weighted by Gasteiger charge is -2.23. The van der Waals surface area contributed by atoms with Crippen LogP contribution in [0.15, 0.2) is 18.2 Å².